The zero-order valence-electron chi connectivity index (χ0n) is 16.6. The Morgan fingerprint density at radius 3 is 2.26 bits per heavy atom. The van der Waals surface area contributed by atoms with Gasteiger partial charge in [0.2, 0.25) is 0 Å². The molecule has 1 fully saturated rings. The highest BCUT2D eigenvalue weighted by Gasteiger charge is 2.53. The molecular formula is C19H26BN3O4. The van der Waals surface area contributed by atoms with Gasteiger partial charge in [0, 0.05) is 18.3 Å². The van der Waals surface area contributed by atoms with Crippen LogP contribution in [0.2, 0.25) is 0 Å². The molecule has 7 nitrogen and oxygen atoms in total. The van der Waals surface area contributed by atoms with Gasteiger partial charge in [-0.15, -0.1) is 0 Å². The maximum atomic E-state index is 10.9. The summed E-state index contributed by atoms with van der Waals surface area (Å²) < 4.78 is 14.1. The van der Waals surface area contributed by atoms with Gasteiger partial charge in [-0.3, -0.25) is 10.1 Å². The average Bonchev–Trinajstić information content (AvgIpc) is 3.11. The lowest BCUT2D eigenvalue weighted by Gasteiger charge is -2.32. The topological polar surface area (TPSA) is 79.4 Å². The monoisotopic (exact) mass is 371 g/mol. The normalized spacial score (nSPS) is 18.0. The molecule has 0 bridgehead atoms. The third-order valence-corrected chi connectivity index (χ3v) is 5.42. The van der Waals surface area contributed by atoms with E-state index in [1.165, 1.54) is 12.1 Å². The van der Waals surface area contributed by atoms with Crippen molar-refractivity contribution >= 4 is 18.4 Å². The molecule has 0 radical (unpaired) electrons. The van der Waals surface area contributed by atoms with E-state index in [9.17, 15) is 10.1 Å². The zero-order chi connectivity index (χ0) is 19.8. The molecule has 3 rings (SSSR count). The molecular weight excluding hydrogens is 345 g/mol. The molecule has 0 unspecified atom stereocenters. The maximum Gasteiger partial charge on any atom is 0.516 e. The van der Waals surface area contributed by atoms with Crippen LogP contribution >= 0.6 is 0 Å². The Hall–Kier alpha value is -2.19. The number of benzene rings is 1. The van der Waals surface area contributed by atoms with Crippen LogP contribution in [0.3, 0.4) is 0 Å². The van der Waals surface area contributed by atoms with E-state index in [1.807, 2.05) is 33.9 Å². The fourth-order valence-corrected chi connectivity index (χ4v) is 3.00. The van der Waals surface area contributed by atoms with Gasteiger partial charge in [0.1, 0.15) is 0 Å². The Balaban J connectivity index is 1.95. The van der Waals surface area contributed by atoms with E-state index >= 15 is 0 Å². The summed E-state index contributed by atoms with van der Waals surface area (Å²) in [6, 6.07) is 6.36. The minimum Gasteiger partial charge on any atom is -0.398 e. The van der Waals surface area contributed by atoms with Crippen LogP contribution in [0, 0.1) is 10.1 Å². The van der Waals surface area contributed by atoms with Crippen LogP contribution in [0.4, 0.5) is 5.69 Å². The van der Waals surface area contributed by atoms with E-state index in [0.717, 1.165) is 36.1 Å². The summed E-state index contributed by atoms with van der Waals surface area (Å²) in [6.07, 6.45) is 4.96. The molecule has 1 saturated heterocycles. The predicted octanol–water partition coefficient (Wildman–Crippen LogP) is 3.42. The van der Waals surface area contributed by atoms with Gasteiger partial charge < -0.3 is 9.31 Å². The number of hydrogen-bond donors (Lipinski definition) is 0. The van der Waals surface area contributed by atoms with Gasteiger partial charge in [-0.25, -0.2) is 4.68 Å². The van der Waals surface area contributed by atoms with Crippen LogP contribution in [0.5, 0.6) is 0 Å². The summed E-state index contributed by atoms with van der Waals surface area (Å²) in [5.74, 6) is 0. The summed E-state index contributed by atoms with van der Waals surface area (Å²) in [6.45, 7) is 10.2. The first-order valence-corrected chi connectivity index (χ1v) is 9.33. The van der Waals surface area contributed by atoms with Crippen LogP contribution < -0.4 is 5.59 Å². The summed E-state index contributed by atoms with van der Waals surface area (Å²) in [5.41, 5.74) is 1.81. The quantitative estimate of drug-likeness (QED) is 0.442. The Morgan fingerprint density at radius 1 is 1.15 bits per heavy atom. The molecule has 0 N–H and O–H groups in total. The maximum absolute atomic E-state index is 10.9. The van der Waals surface area contributed by atoms with Crippen LogP contribution in [0.1, 0.15) is 53.0 Å². The lowest BCUT2D eigenvalue weighted by atomic mass is 9.81. The predicted molar refractivity (Wildman–Crippen MR) is 105 cm³/mol. The second kappa shape index (κ2) is 7.09. The Morgan fingerprint density at radius 2 is 1.74 bits per heavy atom. The van der Waals surface area contributed by atoms with Gasteiger partial charge in [0.05, 0.1) is 27.4 Å². The van der Waals surface area contributed by atoms with E-state index < -0.39 is 23.2 Å². The largest absolute Gasteiger partial charge is 0.516 e. The molecule has 8 heteroatoms. The third-order valence-electron chi connectivity index (χ3n) is 5.42. The van der Waals surface area contributed by atoms with Crippen molar-refractivity contribution in [3.8, 4) is 5.69 Å². The number of nitro groups is 1. The smallest absolute Gasteiger partial charge is 0.398 e. The van der Waals surface area contributed by atoms with Gasteiger partial charge in [-0.05, 0) is 58.2 Å². The van der Waals surface area contributed by atoms with Crippen molar-refractivity contribution in [2.45, 2.75) is 65.1 Å². The van der Waals surface area contributed by atoms with Crippen molar-refractivity contribution in [1.82, 2.24) is 9.78 Å². The highest BCUT2D eigenvalue weighted by Crippen LogP contribution is 2.36. The van der Waals surface area contributed by atoms with Crippen LogP contribution in [0.25, 0.3) is 5.69 Å². The number of hydrogen-bond acceptors (Lipinski definition) is 5. The average molecular weight is 371 g/mol. The molecule has 1 aromatic heterocycles. The van der Waals surface area contributed by atoms with Crippen molar-refractivity contribution in [2.75, 3.05) is 0 Å². The molecule has 2 heterocycles. The molecule has 1 aliphatic heterocycles. The standard InChI is InChI=1S/C19H26BN3O4/c1-6-7-8-14-13-22(15-9-11-16(12-10-15)23(24)25)21-17(14)20-26-18(2,3)19(4,5)27-20/h9-13H,6-8H2,1-5H3. The van der Waals surface area contributed by atoms with Gasteiger partial charge >= 0.3 is 7.12 Å². The zero-order valence-corrected chi connectivity index (χ0v) is 16.6. The number of non-ortho nitro benzene ring substituents is 1. The highest BCUT2D eigenvalue weighted by atomic mass is 16.7. The molecule has 1 aliphatic rings. The first kappa shape index (κ1) is 19.6. The van der Waals surface area contributed by atoms with Crippen molar-refractivity contribution in [1.29, 1.82) is 0 Å². The molecule has 0 saturated carbocycles. The van der Waals surface area contributed by atoms with Crippen molar-refractivity contribution in [3.63, 3.8) is 0 Å². The molecule has 0 spiro atoms. The molecule has 144 valence electrons. The fourth-order valence-electron chi connectivity index (χ4n) is 3.00. The van der Waals surface area contributed by atoms with E-state index in [0.29, 0.717) is 0 Å². The first-order valence-electron chi connectivity index (χ1n) is 9.33. The molecule has 0 amide bonds. The number of nitro benzene ring substituents is 1. The Kier molecular flexibility index (Phi) is 5.14. The third kappa shape index (κ3) is 3.77. The summed E-state index contributed by atoms with van der Waals surface area (Å²) in [4.78, 5) is 10.5. The van der Waals surface area contributed by atoms with E-state index in [4.69, 9.17) is 14.4 Å². The van der Waals surface area contributed by atoms with Crippen molar-refractivity contribution in [2.24, 2.45) is 0 Å². The minimum atomic E-state index is -0.527. The molecule has 27 heavy (non-hydrogen) atoms. The van der Waals surface area contributed by atoms with Gasteiger partial charge in [-0.1, -0.05) is 13.3 Å². The van der Waals surface area contributed by atoms with Crippen LogP contribution in [0.15, 0.2) is 30.5 Å². The molecule has 1 aromatic carbocycles. The van der Waals surface area contributed by atoms with Gasteiger partial charge in [-0.2, -0.15) is 5.10 Å². The highest BCUT2D eigenvalue weighted by molar-refractivity contribution is 6.61. The summed E-state index contributed by atoms with van der Waals surface area (Å²) >= 11 is 0. The SMILES string of the molecule is CCCCc1cn(-c2ccc([N+](=O)[O-])cc2)nc1B1OC(C)(C)C(C)(C)O1. The molecule has 2 aromatic rings. The van der Waals surface area contributed by atoms with Crippen LogP contribution in [-0.2, 0) is 15.7 Å². The van der Waals surface area contributed by atoms with Gasteiger partial charge in [0.25, 0.3) is 5.69 Å². The van der Waals surface area contributed by atoms with E-state index in [-0.39, 0.29) is 5.69 Å². The summed E-state index contributed by atoms with van der Waals surface area (Å²) in [7, 11) is -0.527. The number of rotatable bonds is 6. The fraction of sp³-hybridized carbons (Fsp3) is 0.526. The number of unbranched alkanes of at least 4 members (excludes halogenated alkanes) is 1. The number of aryl methyl sites for hydroxylation is 1. The van der Waals surface area contributed by atoms with Crippen molar-refractivity contribution in [3.05, 3.63) is 46.1 Å². The van der Waals surface area contributed by atoms with E-state index in [1.54, 1.807) is 16.8 Å². The minimum absolute atomic E-state index is 0.0586. The van der Waals surface area contributed by atoms with Crippen molar-refractivity contribution < 1.29 is 14.2 Å². The van der Waals surface area contributed by atoms with Crippen LogP contribution in [-0.4, -0.2) is 33.0 Å². The molecule has 0 atom stereocenters. The Labute approximate surface area is 160 Å². The van der Waals surface area contributed by atoms with Gasteiger partial charge in [0.15, 0.2) is 0 Å². The summed E-state index contributed by atoms with van der Waals surface area (Å²) in [5, 5.41) is 15.6. The second-order valence-corrected chi connectivity index (χ2v) is 7.95. The lowest BCUT2D eigenvalue weighted by molar-refractivity contribution is -0.384. The first-order chi connectivity index (χ1) is 12.6. The lowest BCUT2D eigenvalue weighted by Crippen LogP contribution is -2.41. The number of nitrogens with zero attached hydrogens (tertiary/aromatic N) is 3. The molecule has 0 aliphatic carbocycles. The Bertz CT molecular complexity index is 814. The van der Waals surface area contributed by atoms with E-state index in [2.05, 4.69) is 6.92 Å². The number of aromatic nitrogens is 2. The second-order valence-electron chi connectivity index (χ2n) is 7.95.